The summed E-state index contributed by atoms with van der Waals surface area (Å²) in [5, 5.41) is 4.88. The summed E-state index contributed by atoms with van der Waals surface area (Å²) in [5.41, 5.74) is 2.03. The van der Waals surface area contributed by atoms with Gasteiger partial charge in [0.2, 0.25) is 17.6 Å². The van der Waals surface area contributed by atoms with Crippen LogP contribution in [0.15, 0.2) is 35.1 Å². The van der Waals surface area contributed by atoms with E-state index in [2.05, 4.69) is 34.0 Å². The highest BCUT2D eigenvalue weighted by atomic mass is 32.1. The molecule has 24 heavy (non-hydrogen) atoms. The molecule has 0 atom stereocenters. The van der Waals surface area contributed by atoms with Crippen LogP contribution in [-0.4, -0.2) is 20.1 Å². The third-order valence-electron chi connectivity index (χ3n) is 3.79. The van der Waals surface area contributed by atoms with E-state index in [0.717, 1.165) is 21.3 Å². The second-order valence-corrected chi connectivity index (χ2v) is 6.61. The Balaban J connectivity index is 1.66. The van der Waals surface area contributed by atoms with Gasteiger partial charge in [0.05, 0.1) is 5.39 Å². The highest BCUT2D eigenvalue weighted by Crippen LogP contribution is 2.35. The van der Waals surface area contributed by atoms with Crippen LogP contribution in [0, 0.1) is 20.8 Å². The van der Waals surface area contributed by atoms with Crippen LogP contribution in [0.3, 0.4) is 0 Å². The van der Waals surface area contributed by atoms with Crippen molar-refractivity contribution < 1.29 is 9.26 Å². The molecule has 0 radical (unpaired) electrons. The van der Waals surface area contributed by atoms with Crippen LogP contribution in [0.2, 0.25) is 0 Å². The fourth-order valence-corrected chi connectivity index (χ4v) is 3.42. The number of thiophene rings is 1. The molecule has 0 aliphatic rings. The Morgan fingerprint density at radius 1 is 1.04 bits per heavy atom. The molecule has 7 heteroatoms. The quantitative estimate of drug-likeness (QED) is 0.549. The number of fused-ring (bicyclic) bond motifs is 1. The Morgan fingerprint density at radius 2 is 1.83 bits per heavy atom. The van der Waals surface area contributed by atoms with Crippen molar-refractivity contribution in [2.24, 2.45) is 0 Å². The minimum absolute atomic E-state index is 0.539. The van der Waals surface area contributed by atoms with Crippen molar-refractivity contribution in [2.75, 3.05) is 0 Å². The first kappa shape index (κ1) is 14.8. The topological polar surface area (TPSA) is 73.9 Å². The summed E-state index contributed by atoms with van der Waals surface area (Å²) >= 11 is 1.65. The zero-order chi connectivity index (χ0) is 16.7. The van der Waals surface area contributed by atoms with Gasteiger partial charge in [-0.05, 0) is 43.7 Å². The van der Waals surface area contributed by atoms with E-state index < -0.39 is 0 Å². The van der Waals surface area contributed by atoms with E-state index in [4.69, 9.17) is 9.26 Å². The van der Waals surface area contributed by atoms with Crippen LogP contribution in [-0.2, 0) is 0 Å². The van der Waals surface area contributed by atoms with Gasteiger partial charge in [0.25, 0.3) is 0 Å². The number of aryl methyl sites for hydroxylation is 3. The molecular weight excluding hydrogens is 324 g/mol. The second-order valence-electron chi connectivity index (χ2n) is 5.41. The molecule has 1 aromatic carbocycles. The van der Waals surface area contributed by atoms with E-state index in [9.17, 15) is 0 Å². The maximum absolute atomic E-state index is 5.97. The predicted molar refractivity (Wildman–Crippen MR) is 91.4 cm³/mol. The third kappa shape index (κ3) is 2.52. The van der Waals surface area contributed by atoms with Crippen molar-refractivity contribution in [2.45, 2.75) is 20.8 Å². The molecule has 120 valence electrons. The predicted octanol–water partition coefficient (Wildman–Crippen LogP) is 4.46. The first-order chi connectivity index (χ1) is 11.6. The van der Waals surface area contributed by atoms with Crippen molar-refractivity contribution in [3.63, 3.8) is 0 Å². The Kier molecular flexibility index (Phi) is 3.50. The Labute approximate surface area is 142 Å². The van der Waals surface area contributed by atoms with Crippen LogP contribution in [0.4, 0.5) is 0 Å². The average Bonchev–Trinajstić information content (AvgIpc) is 3.13. The van der Waals surface area contributed by atoms with E-state index in [0.29, 0.717) is 23.3 Å². The van der Waals surface area contributed by atoms with E-state index in [1.54, 1.807) is 18.3 Å². The first-order valence-electron chi connectivity index (χ1n) is 7.41. The standard InChI is InChI=1S/C17H14N4O2S/c1-9-10(2)24-17-14(9)16(18-8-19-17)22-13-6-4-12(5-7-13)15-20-11(3)23-21-15/h4-8H,1-3H3. The summed E-state index contributed by atoms with van der Waals surface area (Å²) in [6.45, 7) is 5.90. The number of aromatic nitrogens is 4. The van der Waals surface area contributed by atoms with Gasteiger partial charge in [0, 0.05) is 17.4 Å². The number of hydrogen-bond acceptors (Lipinski definition) is 7. The summed E-state index contributed by atoms with van der Waals surface area (Å²) in [7, 11) is 0. The molecule has 4 aromatic rings. The van der Waals surface area contributed by atoms with Crippen LogP contribution >= 0.6 is 11.3 Å². The fraction of sp³-hybridized carbons (Fsp3) is 0.176. The van der Waals surface area contributed by atoms with Gasteiger partial charge in [-0.15, -0.1) is 11.3 Å². The number of hydrogen-bond donors (Lipinski definition) is 0. The van der Waals surface area contributed by atoms with Crippen molar-refractivity contribution in [1.29, 1.82) is 0 Å². The Bertz CT molecular complexity index is 1020. The number of benzene rings is 1. The molecule has 0 spiro atoms. The van der Waals surface area contributed by atoms with E-state index in [1.807, 2.05) is 24.3 Å². The largest absolute Gasteiger partial charge is 0.438 e. The van der Waals surface area contributed by atoms with Crippen LogP contribution in [0.5, 0.6) is 11.6 Å². The van der Waals surface area contributed by atoms with Gasteiger partial charge in [0.1, 0.15) is 16.9 Å². The summed E-state index contributed by atoms with van der Waals surface area (Å²) in [6, 6.07) is 7.51. The van der Waals surface area contributed by atoms with Crippen molar-refractivity contribution in [3.8, 4) is 23.0 Å². The molecule has 0 aliphatic heterocycles. The normalized spacial score (nSPS) is 11.1. The van der Waals surface area contributed by atoms with Gasteiger partial charge in [-0.1, -0.05) is 5.16 Å². The molecule has 0 fully saturated rings. The highest BCUT2D eigenvalue weighted by Gasteiger charge is 2.14. The van der Waals surface area contributed by atoms with Crippen LogP contribution in [0.1, 0.15) is 16.3 Å². The van der Waals surface area contributed by atoms with Gasteiger partial charge in [-0.25, -0.2) is 9.97 Å². The molecule has 3 heterocycles. The number of ether oxygens (including phenoxy) is 1. The molecule has 0 saturated carbocycles. The summed E-state index contributed by atoms with van der Waals surface area (Å²) in [6.07, 6.45) is 1.53. The van der Waals surface area contributed by atoms with Crippen LogP contribution in [0.25, 0.3) is 21.6 Å². The zero-order valence-corrected chi connectivity index (χ0v) is 14.2. The Hall–Kier alpha value is -2.80. The molecule has 0 aliphatic carbocycles. The first-order valence-corrected chi connectivity index (χ1v) is 8.23. The van der Waals surface area contributed by atoms with Crippen molar-refractivity contribution in [3.05, 3.63) is 46.9 Å². The molecule has 6 nitrogen and oxygen atoms in total. The lowest BCUT2D eigenvalue weighted by molar-refractivity contribution is 0.394. The number of nitrogens with zero attached hydrogens (tertiary/aromatic N) is 4. The van der Waals surface area contributed by atoms with Gasteiger partial charge in [-0.2, -0.15) is 4.98 Å². The second kappa shape index (κ2) is 5.68. The minimum atomic E-state index is 0.539. The smallest absolute Gasteiger partial charge is 0.231 e. The molecule has 0 unspecified atom stereocenters. The highest BCUT2D eigenvalue weighted by molar-refractivity contribution is 7.18. The third-order valence-corrected chi connectivity index (χ3v) is 4.90. The van der Waals surface area contributed by atoms with E-state index >= 15 is 0 Å². The molecule has 0 amide bonds. The molecule has 0 saturated heterocycles. The minimum Gasteiger partial charge on any atom is -0.438 e. The van der Waals surface area contributed by atoms with E-state index in [-0.39, 0.29) is 0 Å². The van der Waals surface area contributed by atoms with Crippen molar-refractivity contribution >= 4 is 21.6 Å². The summed E-state index contributed by atoms with van der Waals surface area (Å²) in [5.74, 6) is 2.37. The zero-order valence-electron chi connectivity index (χ0n) is 13.4. The lowest BCUT2D eigenvalue weighted by Crippen LogP contribution is -1.91. The lowest BCUT2D eigenvalue weighted by Gasteiger charge is -2.06. The Morgan fingerprint density at radius 3 is 2.54 bits per heavy atom. The summed E-state index contributed by atoms with van der Waals surface area (Å²) in [4.78, 5) is 15.0. The monoisotopic (exact) mass is 338 g/mol. The molecule has 4 rings (SSSR count). The molecule has 3 aromatic heterocycles. The van der Waals surface area contributed by atoms with Gasteiger partial charge in [-0.3, -0.25) is 0 Å². The summed E-state index contributed by atoms with van der Waals surface area (Å²) < 4.78 is 11.0. The van der Waals surface area contributed by atoms with Crippen molar-refractivity contribution in [1.82, 2.24) is 20.1 Å². The molecule has 0 N–H and O–H groups in total. The van der Waals surface area contributed by atoms with Gasteiger partial charge < -0.3 is 9.26 Å². The average molecular weight is 338 g/mol. The molecular formula is C17H14N4O2S. The van der Waals surface area contributed by atoms with Crippen LogP contribution < -0.4 is 4.74 Å². The SMILES string of the molecule is Cc1nc(-c2ccc(Oc3ncnc4sc(C)c(C)c34)cc2)no1. The molecule has 0 bridgehead atoms. The maximum Gasteiger partial charge on any atom is 0.231 e. The van der Waals surface area contributed by atoms with Gasteiger partial charge >= 0.3 is 0 Å². The fourth-order valence-electron chi connectivity index (χ4n) is 2.43. The number of rotatable bonds is 3. The van der Waals surface area contributed by atoms with Gasteiger partial charge in [0.15, 0.2) is 0 Å². The van der Waals surface area contributed by atoms with E-state index in [1.165, 1.54) is 11.2 Å². The lowest BCUT2D eigenvalue weighted by atomic mass is 10.2. The maximum atomic E-state index is 5.97.